The van der Waals surface area contributed by atoms with Gasteiger partial charge in [-0.1, -0.05) is 0 Å². The van der Waals surface area contributed by atoms with E-state index in [0.29, 0.717) is 11.3 Å². The molecule has 9 heteroatoms. The number of hydrogen-bond donors (Lipinski definition) is 1. The Labute approximate surface area is 137 Å². The summed E-state index contributed by atoms with van der Waals surface area (Å²) in [7, 11) is 1.24. The van der Waals surface area contributed by atoms with Crippen molar-refractivity contribution in [1.82, 2.24) is 9.78 Å². The van der Waals surface area contributed by atoms with Crippen LogP contribution in [-0.4, -0.2) is 21.5 Å². The van der Waals surface area contributed by atoms with E-state index in [4.69, 9.17) is 0 Å². The van der Waals surface area contributed by atoms with Crippen molar-refractivity contribution in [3.63, 3.8) is 0 Å². The van der Waals surface area contributed by atoms with E-state index in [-0.39, 0.29) is 11.5 Å². The molecule has 1 heterocycles. The van der Waals surface area contributed by atoms with Crippen LogP contribution in [0.2, 0.25) is 0 Å². The SMILES string of the molecule is CC(=O)c1ccc(NC(=O)c2c(Br)c(C(F)(F)F)nn2C)cc1. The first kappa shape index (κ1) is 17.2. The summed E-state index contributed by atoms with van der Waals surface area (Å²) in [6.45, 7) is 1.40. The highest BCUT2D eigenvalue weighted by Gasteiger charge is 2.39. The average molecular weight is 390 g/mol. The fraction of sp³-hybridized carbons (Fsp3) is 0.214. The van der Waals surface area contributed by atoms with Gasteiger partial charge in [0.15, 0.2) is 11.5 Å². The molecule has 0 spiro atoms. The number of halogens is 4. The fourth-order valence-electron chi connectivity index (χ4n) is 1.90. The van der Waals surface area contributed by atoms with Gasteiger partial charge in [-0.25, -0.2) is 0 Å². The minimum Gasteiger partial charge on any atom is -0.321 e. The van der Waals surface area contributed by atoms with Crippen LogP contribution in [0.25, 0.3) is 0 Å². The molecule has 1 aromatic carbocycles. The molecule has 0 unspecified atom stereocenters. The molecule has 0 aliphatic carbocycles. The summed E-state index contributed by atoms with van der Waals surface area (Å²) in [5.41, 5.74) is -0.615. The molecular formula is C14H11BrF3N3O2. The number of Topliss-reactive ketones (excluding diaryl/α,β-unsaturated/α-hetero) is 1. The molecule has 1 aromatic heterocycles. The number of rotatable bonds is 3. The lowest BCUT2D eigenvalue weighted by molar-refractivity contribution is -0.142. The molecule has 1 amide bonds. The van der Waals surface area contributed by atoms with Gasteiger partial charge >= 0.3 is 6.18 Å². The number of aryl methyl sites for hydroxylation is 1. The van der Waals surface area contributed by atoms with Crippen molar-refractivity contribution >= 4 is 33.3 Å². The molecule has 0 aliphatic heterocycles. The zero-order valence-electron chi connectivity index (χ0n) is 12.0. The van der Waals surface area contributed by atoms with Crippen LogP contribution in [-0.2, 0) is 13.2 Å². The van der Waals surface area contributed by atoms with E-state index in [2.05, 4.69) is 26.3 Å². The van der Waals surface area contributed by atoms with Crippen molar-refractivity contribution in [3.05, 3.63) is 45.7 Å². The number of benzene rings is 1. The number of nitrogens with one attached hydrogen (secondary N) is 1. The summed E-state index contributed by atoms with van der Waals surface area (Å²) in [6, 6.07) is 6.00. The Morgan fingerprint density at radius 3 is 2.22 bits per heavy atom. The summed E-state index contributed by atoms with van der Waals surface area (Å²) in [4.78, 5) is 23.4. The molecule has 0 radical (unpaired) electrons. The quantitative estimate of drug-likeness (QED) is 0.814. The minimum absolute atomic E-state index is 0.132. The smallest absolute Gasteiger partial charge is 0.321 e. The van der Waals surface area contributed by atoms with Gasteiger partial charge in [-0.05, 0) is 47.1 Å². The number of alkyl halides is 3. The molecule has 0 fully saturated rings. The highest BCUT2D eigenvalue weighted by atomic mass is 79.9. The van der Waals surface area contributed by atoms with E-state index < -0.39 is 22.3 Å². The maximum Gasteiger partial charge on any atom is 0.436 e. The molecule has 122 valence electrons. The first-order chi connectivity index (χ1) is 10.6. The summed E-state index contributed by atoms with van der Waals surface area (Å²) < 4.78 is 38.8. The van der Waals surface area contributed by atoms with Gasteiger partial charge in [-0.2, -0.15) is 18.3 Å². The van der Waals surface area contributed by atoms with Crippen molar-refractivity contribution in [2.75, 3.05) is 5.32 Å². The lowest BCUT2D eigenvalue weighted by Crippen LogP contribution is -2.16. The van der Waals surface area contributed by atoms with Gasteiger partial charge in [0.1, 0.15) is 5.69 Å². The molecule has 0 atom stereocenters. The molecule has 0 aliphatic rings. The van der Waals surface area contributed by atoms with Gasteiger partial charge in [-0.15, -0.1) is 0 Å². The van der Waals surface area contributed by atoms with E-state index >= 15 is 0 Å². The van der Waals surface area contributed by atoms with Gasteiger partial charge < -0.3 is 5.32 Å². The number of carbonyl (C=O) groups is 2. The number of amides is 1. The largest absolute Gasteiger partial charge is 0.436 e. The summed E-state index contributed by atoms with van der Waals surface area (Å²) in [5.74, 6) is -0.884. The van der Waals surface area contributed by atoms with Gasteiger partial charge in [0.25, 0.3) is 5.91 Å². The number of carbonyl (C=O) groups excluding carboxylic acids is 2. The van der Waals surface area contributed by atoms with Crippen LogP contribution < -0.4 is 5.32 Å². The summed E-state index contributed by atoms with van der Waals surface area (Å²) in [5, 5.41) is 5.78. The molecule has 1 N–H and O–H groups in total. The Bertz CT molecular complexity index is 767. The van der Waals surface area contributed by atoms with E-state index in [1.165, 1.54) is 38.2 Å². The Morgan fingerprint density at radius 2 is 1.78 bits per heavy atom. The van der Waals surface area contributed by atoms with Crippen LogP contribution in [0.1, 0.15) is 33.5 Å². The number of nitrogens with zero attached hydrogens (tertiary/aromatic N) is 2. The maximum absolute atomic E-state index is 12.8. The fourth-order valence-corrected chi connectivity index (χ4v) is 2.65. The van der Waals surface area contributed by atoms with E-state index in [0.717, 1.165) is 4.68 Å². The zero-order chi connectivity index (χ0) is 17.4. The van der Waals surface area contributed by atoms with Crippen molar-refractivity contribution in [2.45, 2.75) is 13.1 Å². The molecule has 23 heavy (non-hydrogen) atoms. The van der Waals surface area contributed by atoms with E-state index in [9.17, 15) is 22.8 Å². The lowest BCUT2D eigenvalue weighted by Gasteiger charge is -2.06. The van der Waals surface area contributed by atoms with Crippen molar-refractivity contribution in [1.29, 1.82) is 0 Å². The van der Waals surface area contributed by atoms with Crippen molar-refractivity contribution in [3.8, 4) is 0 Å². The third kappa shape index (κ3) is 3.61. The van der Waals surface area contributed by atoms with Crippen molar-refractivity contribution in [2.24, 2.45) is 7.05 Å². The molecule has 2 aromatic rings. The number of anilines is 1. The third-order valence-corrected chi connectivity index (χ3v) is 3.77. The summed E-state index contributed by atoms with van der Waals surface area (Å²) >= 11 is 2.77. The topological polar surface area (TPSA) is 64.0 Å². The van der Waals surface area contributed by atoms with Crippen LogP contribution in [0.3, 0.4) is 0 Å². The standard InChI is InChI=1S/C14H11BrF3N3O2/c1-7(22)8-3-5-9(6-4-8)19-13(23)11-10(15)12(14(16,17)18)20-21(11)2/h3-6H,1-2H3,(H,19,23). The van der Waals surface area contributed by atoms with Crippen LogP contribution in [0.15, 0.2) is 28.7 Å². The highest BCUT2D eigenvalue weighted by Crippen LogP contribution is 2.35. The molecule has 0 saturated carbocycles. The molecule has 5 nitrogen and oxygen atoms in total. The molecule has 0 saturated heterocycles. The lowest BCUT2D eigenvalue weighted by atomic mass is 10.1. The van der Waals surface area contributed by atoms with Crippen molar-refractivity contribution < 1.29 is 22.8 Å². The third-order valence-electron chi connectivity index (χ3n) is 3.02. The first-order valence-corrected chi connectivity index (χ1v) is 7.12. The second-order valence-electron chi connectivity index (χ2n) is 4.72. The minimum atomic E-state index is -4.67. The molecule has 0 bridgehead atoms. The van der Waals surface area contributed by atoms with Gasteiger partial charge in [0.2, 0.25) is 0 Å². The van der Waals surface area contributed by atoms with E-state index in [1.807, 2.05) is 0 Å². The molecule has 2 rings (SSSR count). The first-order valence-electron chi connectivity index (χ1n) is 6.33. The Hall–Kier alpha value is -2.16. The van der Waals surface area contributed by atoms with Crippen LogP contribution in [0.4, 0.5) is 18.9 Å². The Morgan fingerprint density at radius 1 is 1.22 bits per heavy atom. The van der Waals surface area contributed by atoms with Gasteiger partial charge in [0.05, 0.1) is 4.47 Å². The second kappa shape index (κ2) is 6.15. The summed E-state index contributed by atoms with van der Waals surface area (Å²) in [6.07, 6.45) is -4.67. The predicted molar refractivity (Wildman–Crippen MR) is 80.3 cm³/mol. The number of hydrogen-bond acceptors (Lipinski definition) is 3. The predicted octanol–water partition coefficient (Wildman–Crippen LogP) is 3.66. The maximum atomic E-state index is 12.8. The monoisotopic (exact) mass is 389 g/mol. The van der Waals surface area contributed by atoms with E-state index in [1.54, 1.807) is 0 Å². The number of ketones is 1. The Balaban J connectivity index is 2.28. The van der Waals surface area contributed by atoms with Gasteiger partial charge in [-0.3, -0.25) is 14.3 Å². The second-order valence-corrected chi connectivity index (χ2v) is 5.51. The van der Waals surface area contributed by atoms with Crippen LogP contribution in [0.5, 0.6) is 0 Å². The number of aromatic nitrogens is 2. The average Bonchev–Trinajstić information content (AvgIpc) is 2.74. The normalized spacial score (nSPS) is 11.4. The Kier molecular flexibility index (Phi) is 4.60. The van der Waals surface area contributed by atoms with Crippen LogP contribution >= 0.6 is 15.9 Å². The highest BCUT2D eigenvalue weighted by molar-refractivity contribution is 9.10. The molecular weight excluding hydrogens is 379 g/mol. The van der Waals surface area contributed by atoms with Gasteiger partial charge in [0, 0.05) is 18.3 Å². The van der Waals surface area contributed by atoms with Crippen LogP contribution in [0, 0.1) is 0 Å². The zero-order valence-corrected chi connectivity index (χ0v) is 13.6.